The quantitative estimate of drug-likeness (QED) is 0.855. The van der Waals surface area contributed by atoms with Crippen molar-refractivity contribution in [3.63, 3.8) is 0 Å². The number of nitrogens with zero attached hydrogens (tertiary/aromatic N) is 1. The molecule has 1 aliphatic heterocycles. The van der Waals surface area contributed by atoms with Crippen molar-refractivity contribution in [2.24, 2.45) is 0 Å². The van der Waals surface area contributed by atoms with Gasteiger partial charge in [-0.15, -0.1) is 0 Å². The molecule has 0 radical (unpaired) electrons. The number of benzene rings is 1. The zero-order chi connectivity index (χ0) is 15.5. The first-order chi connectivity index (χ1) is 10.6. The second-order valence-electron chi connectivity index (χ2n) is 5.88. The number of rotatable bonds is 5. The van der Waals surface area contributed by atoms with Gasteiger partial charge in [-0.05, 0) is 50.6 Å². The molecule has 1 saturated heterocycles. The summed E-state index contributed by atoms with van der Waals surface area (Å²) in [5, 5.41) is 10.9. The molecule has 1 N–H and O–H groups in total. The monoisotopic (exact) mass is 303 g/mol. The van der Waals surface area contributed by atoms with E-state index in [4.69, 9.17) is 9.15 Å². The predicted molar refractivity (Wildman–Crippen MR) is 84.4 cm³/mol. The maximum absolute atomic E-state index is 11.4. The average molecular weight is 303 g/mol. The molecule has 3 rings (SSSR count). The minimum atomic E-state index is -0.515. The molecular weight excluding hydrogens is 282 g/mol. The van der Waals surface area contributed by atoms with Gasteiger partial charge in [-0.2, -0.15) is 0 Å². The molecule has 0 spiro atoms. The van der Waals surface area contributed by atoms with Crippen LogP contribution in [0.3, 0.4) is 0 Å². The van der Waals surface area contributed by atoms with Crippen molar-refractivity contribution in [2.45, 2.75) is 25.9 Å². The highest BCUT2D eigenvalue weighted by Crippen LogP contribution is 2.22. The Morgan fingerprint density at radius 2 is 2.09 bits per heavy atom. The van der Waals surface area contributed by atoms with Crippen molar-refractivity contribution in [3.05, 3.63) is 40.2 Å². The minimum absolute atomic E-state index is 0.234. The predicted octanol–water partition coefficient (Wildman–Crippen LogP) is 1.94. The molecule has 0 bridgehead atoms. The first-order valence-electron chi connectivity index (χ1n) is 7.69. The van der Waals surface area contributed by atoms with E-state index in [1.165, 1.54) is 18.9 Å². The molecule has 2 aromatic rings. The summed E-state index contributed by atoms with van der Waals surface area (Å²) in [5.74, 6) is 0.599. The van der Waals surface area contributed by atoms with E-state index in [-0.39, 0.29) is 12.2 Å². The van der Waals surface area contributed by atoms with Crippen molar-refractivity contribution >= 4 is 11.0 Å². The third-order valence-electron chi connectivity index (χ3n) is 4.03. The van der Waals surface area contributed by atoms with Gasteiger partial charge in [0.2, 0.25) is 0 Å². The SMILES string of the molecule is Cc1cc(=O)oc2cc(OCC(O)CN3CCCC3)ccc12. The highest BCUT2D eigenvalue weighted by Gasteiger charge is 2.16. The van der Waals surface area contributed by atoms with Gasteiger partial charge in [-0.1, -0.05) is 0 Å². The molecule has 1 fully saturated rings. The molecule has 5 heteroatoms. The summed E-state index contributed by atoms with van der Waals surface area (Å²) in [7, 11) is 0. The van der Waals surface area contributed by atoms with Crippen LogP contribution in [0.15, 0.2) is 33.5 Å². The summed E-state index contributed by atoms with van der Waals surface area (Å²) in [6, 6.07) is 6.88. The fourth-order valence-electron chi connectivity index (χ4n) is 2.90. The van der Waals surface area contributed by atoms with E-state index in [0.717, 1.165) is 24.0 Å². The van der Waals surface area contributed by atoms with Crippen LogP contribution in [0.1, 0.15) is 18.4 Å². The van der Waals surface area contributed by atoms with Gasteiger partial charge in [0.1, 0.15) is 24.0 Å². The molecule has 1 atom stereocenters. The van der Waals surface area contributed by atoms with Gasteiger partial charge >= 0.3 is 5.63 Å². The summed E-state index contributed by atoms with van der Waals surface area (Å²) >= 11 is 0. The van der Waals surface area contributed by atoms with Crippen LogP contribution in [0.2, 0.25) is 0 Å². The number of hydrogen-bond donors (Lipinski definition) is 1. The Balaban J connectivity index is 1.64. The summed E-state index contributed by atoms with van der Waals surface area (Å²) < 4.78 is 10.8. The van der Waals surface area contributed by atoms with Crippen LogP contribution in [0.25, 0.3) is 11.0 Å². The Kier molecular flexibility index (Phi) is 4.45. The first kappa shape index (κ1) is 15.1. The van der Waals surface area contributed by atoms with Gasteiger partial charge in [-0.25, -0.2) is 4.79 Å². The summed E-state index contributed by atoms with van der Waals surface area (Å²) in [5.41, 5.74) is 1.03. The average Bonchev–Trinajstić information content (AvgIpc) is 2.97. The number of hydrogen-bond acceptors (Lipinski definition) is 5. The zero-order valence-electron chi connectivity index (χ0n) is 12.7. The summed E-state index contributed by atoms with van der Waals surface area (Å²) in [6.45, 7) is 4.86. The fraction of sp³-hybridized carbons (Fsp3) is 0.471. The molecule has 1 aromatic carbocycles. The number of fused-ring (bicyclic) bond motifs is 1. The van der Waals surface area contributed by atoms with Gasteiger partial charge in [0, 0.05) is 24.1 Å². The van der Waals surface area contributed by atoms with Gasteiger partial charge in [0.25, 0.3) is 0 Å². The lowest BCUT2D eigenvalue weighted by atomic mass is 10.1. The molecule has 0 aliphatic carbocycles. The standard InChI is InChI=1S/C17H21NO4/c1-12-8-17(20)22-16-9-14(4-5-15(12)16)21-11-13(19)10-18-6-2-3-7-18/h4-5,8-9,13,19H,2-3,6-7,10-11H2,1H3. The molecule has 5 nitrogen and oxygen atoms in total. The van der Waals surface area contributed by atoms with E-state index in [1.807, 2.05) is 19.1 Å². The first-order valence-corrected chi connectivity index (χ1v) is 7.69. The Labute approximate surface area is 129 Å². The van der Waals surface area contributed by atoms with Gasteiger partial charge < -0.3 is 19.2 Å². The highest BCUT2D eigenvalue weighted by molar-refractivity contribution is 5.81. The number of ether oxygens (including phenoxy) is 1. The molecule has 22 heavy (non-hydrogen) atoms. The van der Waals surface area contributed by atoms with Crippen LogP contribution in [-0.4, -0.2) is 42.4 Å². The Bertz CT molecular complexity index is 703. The molecule has 1 aromatic heterocycles. The smallest absolute Gasteiger partial charge is 0.336 e. The van der Waals surface area contributed by atoms with Crippen LogP contribution in [-0.2, 0) is 0 Å². The largest absolute Gasteiger partial charge is 0.491 e. The molecule has 118 valence electrons. The second kappa shape index (κ2) is 6.50. The Hall–Kier alpha value is -1.85. The van der Waals surface area contributed by atoms with E-state index < -0.39 is 6.10 Å². The van der Waals surface area contributed by atoms with Crippen LogP contribution in [0.5, 0.6) is 5.75 Å². The maximum atomic E-state index is 11.4. The molecule has 2 heterocycles. The van der Waals surface area contributed by atoms with E-state index in [9.17, 15) is 9.90 Å². The fourth-order valence-corrected chi connectivity index (χ4v) is 2.90. The lowest BCUT2D eigenvalue weighted by Gasteiger charge is -2.19. The molecule has 0 saturated carbocycles. The maximum Gasteiger partial charge on any atom is 0.336 e. The number of aliphatic hydroxyl groups excluding tert-OH is 1. The number of aliphatic hydroxyl groups is 1. The topological polar surface area (TPSA) is 62.9 Å². The Morgan fingerprint density at radius 1 is 1.32 bits per heavy atom. The molecular formula is C17H21NO4. The van der Waals surface area contributed by atoms with Crippen molar-refractivity contribution < 1.29 is 14.3 Å². The van der Waals surface area contributed by atoms with Crippen molar-refractivity contribution in [2.75, 3.05) is 26.2 Å². The molecule has 1 unspecified atom stereocenters. The van der Waals surface area contributed by atoms with Gasteiger partial charge in [0.05, 0.1) is 0 Å². The van der Waals surface area contributed by atoms with Crippen molar-refractivity contribution in [1.29, 1.82) is 0 Å². The lowest BCUT2D eigenvalue weighted by molar-refractivity contribution is 0.0758. The highest BCUT2D eigenvalue weighted by atomic mass is 16.5. The van der Waals surface area contributed by atoms with Crippen LogP contribution in [0.4, 0.5) is 0 Å². The van der Waals surface area contributed by atoms with E-state index in [0.29, 0.717) is 17.9 Å². The minimum Gasteiger partial charge on any atom is -0.491 e. The Morgan fingerprint density at radius 3 is 2.86 bits per heavy atom. The van der Waals surface area contributed by atoms with Crippen molar-refractivity contribution in [3.8, 4) is 5.75 Å². The summed E-state index contributed by atoms with van der Waals surface area (Å²) in [6.07, 6.45) is 1.89. The van der Waals surface area contributed by atoms with Crippen LogP contribution >= 0.6 is 0 Å². The number of aryl methyl sites for hydroxylation is 1. The van der Waals surface area contributed by atoms with Crippen LogP contribution < -0.4 is 10.4 Å². The summed E-state index contributed by atoms with van der Waals surface area (Å²) in [4.78, 5) is 13.7. The second-order valence-corrected chi connectivity index (χ2v) is 5.88. The van der Waals surface area contributed by atoms with Gasteiger partial charge in [0.15, 0.2) is 0 Å². The van der Waals surface area contributed by atoms with Gasteiger partial charge in [-0.3, -0.25) is 0 Å². The van der Waals surface area contributed by atoms with E-state index in [1.54, 1.807) is 6.07 Å². The molecule has 1 aliphatic rings. The third-order valence-corrected chi connectivity index (χ3v) is 4.03. The van der Waals surface area contributed by atoms with Crippen molar-refractivity contribution in [1.82, 2.24) is 4.90 Å². The number of likely N-dealkylation sites (tertiary alicyclic amines) is 1. The normalized spacial score (nSPS) is 17.0. The molecule has 0 amide bonds. The zero-order valence-corrected chi connectivity index (χ0v) is 12.7. The lowest BCUT2D eigenvalue weighted by Crippen LogP contribution is -2.33. The van der Waals surface area contributed by atoms with E-state index >= 15 is 0 Å². The van der Waals surface area contributed by atoms with Crippen LogP contribution in [0, 0.1) is 6.92 Å². The third kappa shape index (κ3) is 3.48. The van der Waals surface area contributed by atoms with E-state index in [2.05, 4.69) is 4.90 Å². The number of β-amino-alcohol motifs (C(OH)–C–C–N with tert-alkyl or cyclic N) is 1.